The van der Waals surface area contributed by atoms with Gasteiger partial charge < -0.3 is 15.0 Å². The summed E-state index contributed by atoms with van der Waals surface area (Å²) in [6, 6.07) is 7.84. The molecule has 1 aromatic heterocycles. The Hall–Kier alpha value is -3.22. The number of aryl methyl sites for hydroxylation is 2. The van der Waals surface area contributed by atoms with Gasteiger partial charge in [0.1, 0.15) is 11.6 Å². The molecule has 0 spiro atoms. The lowest BCUT2D eigenvalue weighted by atomic mass is 10.1. The fraction of sp³-hybridized carbons (Fsp3) is 0.200. The molecule has 2 aromatic carbocycles. The van der Waals surface area contributed by atoms with Crippen LogP contribution in [0.2, 0.25) is 0 Å². The van der Waals surface area contributed by atoms with Gasteiger partial charge in [0.05, 0.1) is 11.3 Å². The Balaban J connectivity index is 1.71. The van der Waals surface area contributed by atoms with Gasteiger partial charge in [-0.25, -0.2) is 13.6 Å². The minimum atomic E-state index is -1.16. The smallest absolute Gasteiger partial charge is 0.338 e. The van der Waals surface area contributed by atoms with Gasteiger partial charge in [-0.2, -0.15) is 0 Å². The van der Waals surface area contributed by atoms with E-state index >= 15 is 0 Å². The number of anilines is 1. The van der Waals surface area contributed by atoms with E-state index in [0.29, 0.717) is 11.6 Å². The number of H-pyrrole nitrogens is 1. The van der Waals surface area contributed by atoms with Crippen molar-refractivity contribution in [3.05, 3.63) is 64.9 Å². The average Bonchev–Trinajstić information content (AvgIpc) is 2.91. The number of benzene rings is 2. The number of nitrogens with one attached hydrogen (secondary N) is 2. The van der Waals surface area contributed by atoms with Crippen molar-refractivity contribution in [2.75, 3.05) is 5.32 Å². The van der Waals surface area contributed by atoms with Crippen molar-refractivity contribution in [2.45, 2.75) is 26.9 Å². The van der Waals surface area contributed by atoms with E-state index in [4.69, 9.17) is 4.74 Å². The van der Waals surface area contributed by atoms with Gasteiger partial charge in [-0.15, -0.1) is 0 Å². The third-order valence-corrected chi connectivity index (χ3v) is 4.39. The summed E-state index contributed by atoms with van der Waals surface area (Å²) < 4.78 is 31.7. The van der Waals surface area contributed by atoms with E-state index in [1.165, 1.54) is 6.92 Å². The first kappa shape index (κ1) is 18.6. The highest BCUT2D eigenvalue weighted by atomic mass is 19.1. The molecule has 5 nitrogen and oxygen atoms in total. The third kappa shape index (κ3) is 3.81. The van der Waals surface area contributed by atoms with Crippen molar-refractivity contribution in [3.8, 4) is 0 Å². The molecule has 0 saturated heterocycles. The number of hydrogen-bond acceptors (Lipinski definition) is 3. The first-order valence-electron chi connectivity index (χ1n) is 8.32. The lowest BCUT2D eigenvalue weighted by molar-refractivity contribution is -0.123. The normalized spacial score (nSPS) is 12.0. The zero-order valence-corrected chi connectivity index (χ0v) is 15.0. The number of carbonyl (C=O) groups excluding carboxylic acids is 2. The first-order chi connectivity index (χ1) is 12.8. The van der Waals surface area contributed by atoms with E-state index < -0.39 is 29.6 Å². The molecule has 3 aromatic rings. The van der Waals surface area contributed by atoms with Crippen molar-refractivity contribution >= 4 is 28.5 Å². The zero-order chi connectivity index (χ0) is 19.7. The van der Waals surface area contributed by atoms with Crippen LogP contribution in [0.15, 0.2) is 36.4 Å². The Morgan fingerprint density at radius 1 is 1.11 bits per heavy atom. The van der Waals surface area contributed by atoms with E-state index in [2.05, 4.69) is 10.3 Å². The Morgan fingerprint density at radius 2 is 1.85 bits per heavy atom. The summed E-state index contributed by atoms with van der Waals surface area (Å²) in [4.78, 5) is 27.7. The number of rotatable bonds is 4. The number of aromatic nitrogens is 1. The number of halogens is 2. The molecule has 3 rings (SSSR count). The Kier molecular flexibility index (Phi) is 4.94. The molecule has 1 unspecified atom stereocenters. The molecular weight excluding hydrogens is 354 g/mol. The summed E-state index contributed by atoms with van der Waals surface area (Å²) in [6.07, 6.45) is -1.16. The maximum atomic E-state index is 13.6. The van der Waals surface area contributed by atoms with Crippen molar-refractivity contribution in [1.82, 2.24) is 4.98 Å². The Labute approximate surface area is 154 Å². The maximum Gasteiger partial charge on any atom is 0.338 e. The van der Waals surface area contributed by atoms with Crippen LogP contribution in [0.4, 0.5) is 14.5 Å². The molecule has 27 heavy (non-hydrogen) atoms. The SMILES string of the molecule is Cc1[nH]c2ccc(C(=O)OC(C)C(=O)Nc3ccc(F)cc3F)cc2c1C. The van der Waals surface area contributed by atoms with E-state index in [0.717, 1.165) is 34.3 Å². The van der Waals surface area contributed by atoms with Gasteiger partial charge in [0, 0.05) is 22.7 Å². The minimum Gasteiger partial charge on any atom is -0.449 e. The Morgan fingerprint density at radius 3 is 2.56 bits per heavy atom. The summed E-state index contributed by atoms with van der Waals surface area (Å²) >= 11 is 0. The van der Waals surface area contributed by atoms with Crippen molar-refractivity contribution < 1.29 is 23.1 Å². The number of fused-ring (bicyclic) bond motifs is 1. The number of aromatic amines is 1. The monoisotopic (exact) mass is 372 g/mol. The second-order valence-corrected chi connectivity index (χ2v) is 6.30. The zero-order valence-electron chi connectivity index (χ0n) is 15.0. The third-order valence-electron chi connectivity index (χ3n) is 4.39. The lowest BCUT2D eigenvalue weighted by Gasteiger charge is -2.14. The summed E-state index contributed by atoms with van der Waals surface area (Å²) in [5, 5.41) is 3.17. The summed E-state index contributed by atoms with van der Waals surface area (Å²) in [5.41, 5.74) is 3.04. The largest absolute Gasteiger partial charge is 0.449 e. The molecule has 2 N–H and O–H groups in total. The molecule has 0 saturated carbocycles. The summed E-state index contributed by atoms with van der Waals surface area (Å²) in [5.74, 6) is -3.05. The van der Waals surface area contributed by atoms with Crippen LogP contribution >= 0.6 is 0 Å². The molecule has 0 bridgehead atoms. The van der Waals surface area contributed by atoms with Crippen LogP contribution < -0.4 is 5.32 Å². The van der Waals surface area contributed by atoms with Gasteiger partial charge in [0.2, 0.25) is 0 Å². The van der Waals surface area contributed by atoms with Gasteiger partial charge in [0.15, 0.2) is 6.10 Å². The number of amides is 1. The second kappa shape index (κ2) is 7.19. The van der Waals surface area contributed by atoms with Gasteiger partial charge in [-0.3, -0.25) is 4.79 Å². The fourth-order valence-corrected chi connectivity index (χ4v) is 2.70. The second-order valence-electron chi connectivity index (χ2n) is 6.30. The van der Waals surface area contributed by atoms with Crippen LogP contribution in [-0.2, 0) is 9.53 Å². The van der Waals surface area contributed by atoms with Crippen molar-refractivity contribution in [3.63, 3.8) is 0 Å². The van der Waals surface area contributed by atoms with Gasteiger partial charge >= 0.3 is 5.97 Å². The molecule has 1 amide bonds. The number of esters is 1. The topological polar surface area (TPSA) is 71.2 Å². The van der Waals surface area contributed by atoms with Crippen molar-refractivity contribution in [2.24, 2.45) is 0 Å². The molecule has 0 radical (unpaired) electrons. The summed E-state index contributed by atoms with van der Waals surface area (Å²) in [7, 11) is 0. The van der Waals surface area contributed by atoms with Gasteiger partial charge in [-0.1, -0.05) is 0 Å². The minimum absolute atomic E-state index is 0.191. The van der Waals surface area contributed by atoms with Crippen LogP contribution in [0.5, 0.6) is 0 Å². The van der Waals surface area contributed by atoms with Crippen LogP contribution in [0.25, 0.3) is 10.9 Å². The summed E-state index contributed by atoms with van der Waals surface area (Å²) in [6.45, 7) is 5.25. The molecule has 0 aliphatic rings. The van der Waals surface area contributed by atoms with E-state index in [-0.39, 0.29) is 5.69 Å². The van der Waals surface area contributed by atoms with E-state index in [9.17, 15) is 18.4 Å². The van der Waals surface area contributed by atoms with Crippen LogP contribution in [0, 0.1) is 25.5 Å². The van der Waals surface area contributed by atoms with E-state index in [1.807, 2.05) is 13.8 Å². The maximum absolute atomic E-state index is 13.6. The molecule has 0 aliphatic heterocycles. The Bertz CT molecular complexity index is 1040. The molecule has 0 fully saturated rings. The van der Waals surface area contributed by atoms with E-state index in [1.54, 1.807) is 18.2 Å². The number of hydrogen-bond donors (Lipinski definition) is 2. The molecule has 140 valence electrons. The van der Waals surface area contributed by atoms with Crippen LogP contribution in [-0.4, -0.2) is 23.0 Å². The highest BCUT2D eigenvalue weighted by Gasteiger charge is 2.21. The molecule has 1 atom stereocenters. The number of carbonyl (C=O) groups is 2. The number of ether oxygens (including phenoxy) is 1. The van der Waals surface area contributed by atoms with Gasteiger partial charge in [-0.05, 0) is 56.7 Å². The molecule has 0 aliphatic carbocycles. The lowest BCUT2D eigenvalue weighted by Crippen LogP contribution is -2.30. The molecule has 1 heterocycles. The van der Waals surface area contributed by atoms with Crippen LogP contribution in [0.1, 0.15) is 28.5 Å². The highest BCUT2D eigenvalue weighted by molar-refractivity contribution is 5.99. The first-order valence-corrected chi connectivity index (χ1v) is 8.32. The molecular formula is C20H18F2N2O3. The standard InChI is InChI=1S/C20H18F2N2O3/c1-10-11(2)23-17-6-4-13(8-15(10)17)20(26)27-12(3)19(25)24-18-7-5-14(21)9-16(18)22/h4-9,12,23H,1-3H3,(H,24,25). The average molecular weight is 372 g/mol. The molecule has 7 heteroatoms. The highest BCUT2D eigenvalue weighted by Crippen LogP contribution is 2.23. The van der Waals surface area contributed by atoms with Crippen molar-refractivity contribution in [1.29, 1.82) is 0 Å². The quantitative estimate of drug-likeness (QED) is 0.673. The van der Waals surface area contributed by atoms with Crippen LogP contribution in [0.3, 0.4) is 0 Å². The predicted molar refractivity (Wildman–Crippen MR) is 97.6 cm³/mol. The predicted octanol–water partition coefficient (Wildman–Crippen LogP) is 4.25. The van der Waals surface area contributed by atoms with Gasteiger partial charge in [0.25, 0.3) is 5.91 Å². The fourth-order valence-electron chi connectivity index (χ4n) is 2.70.